The van der Waals surface area contributed by atoms with E-state index in [2.05, 4.69) is 24.3 Å². The van der Waals surface area contributed by atoms with E-state index in [0.29, 0.717) is 5.92 Å². The Bertz CT molecular complexity index is 422. The highest BCUT2D eigenvalue weighted by molar-refractivity contribution is 5.81. The summed E-state index contributed by atoms with van der Waals surface area (Å²) in [5.41, 5.74) is 1.33. The number of carbonyl (C=O) groups excluding carboxylic acids is 1. The van der Waals surface area contributed by atoms with E-state index in [0.717, 1.165) is 19.3 Å². The van der Waals surface area contributed by atoms with Crippen molar-refractivity contribution in [2.75, 3.05) is 0 Å². The van der Waals surface area contributed by atoms with Crippen molar-refractivity contribution in [2.24, 2.45) is 5.92 Å². The van der Waals surface area contributed by atoms with Gasteiger partial charge in [0.1, 0.15) is 6.10 Å². The second kappa shape index (κ2) is 7.13. The maximum Gasteiger partial charge on any atom is 0.330 e. The van der Waals surface area contributed by atoms with Crippen LogP contribution in [0.15, 0.2) is 42.5 Å². The van der Waals surface area contributed by atoms with Gasteiger partial charge >= 0.3 is 5.97 Å². The van der Waals surface area contributed by atoms with E-state index in [1.165, 1.54) is 24.5 Å². The lowest BCUT2D eigenvalue weighted by Crippen LogP contribution is -2.31. The van der Waals surface area contributed by atoms with Gasteiger partial charge in [0, 0.05) is 6.08 Å². The highest BCUT2D eigenvalue weighted by Crippen LogP contribution is 2.29. The first kappa shape index (κ1) is 13.9. The fraction of sp³-hybridized carbons (Fsp3) is 0.471. The van der Waals surface area contributed by atoms with Crippen LogP contribution >= 0.6 is 0 Å². The Hall–Kier alpha value is -1.57. The second-order valence-corrected chi connectivity index (χ2v) is 5.21. The van der Waals surface area contributed by atoms with E-state index in [1.807, 2.05) is 13.0 Å². The van der Waals surface area contributed by atoms with Crippen LogP contribution in [0.4, 0.5) is 0 Å². The Morgan fingerprint density at radius 2 is 2.00 bits per heavy atom. The number of benzene rings is 1. The van der Waals surface area contributed by atoms with E-state index < -0.39 is 0 Å². The molecule has 0 aromatic heterocycles. The van der Waals surface area contributed by atoms with E-state index >= 15 is 0 Å². The number of hydrogen-bond donors (Lipinski definition) is 0. The molecule has 1 aliphatic rings. The summed E-state index contributed by atoms with van der Waals surface area (Å²) in [5, 5.41) is 0. The van der Waals surface area contributed by atoms with Crippen molar-refractivity contribution in [2.45, 2.75) is 45.1 Å². The fourth-order valence-corrected chi connectivity index (χ4v) is 2.80. The van der Waals surface area contributed by atoms with Crippen molar-refractivity contribution in [3.8, 4) is 0 Å². The quantitative estimate of drug-likeness (QED) is 0.604. The average Bonchev–Trinajstić information content (AvgIpc) is 2.42. The SMILES string of the molecule is C/C=C/C(=O)O[C@H]1CCCC[C@@H]1Cc1ccccc1. The minimum absolute atomic E-state index is 0.0812. The van der Waals surface area contributed by atoms with Crippen LogP contribution in [0, 0.1) is 5.92 Å². The van der Waals surface area contributed by atoms with Crippen molar-refractivity contribution >= 4 is 5.97 Å². The monoisotopic (exact) mass is 258 g/mol. The Labute approximate surface area is 115 Å². The summed E-state index contributed by atoms with van der Waals surface area (Å²) in [4.78, 5) is 11.6. The van der Waals surface area contributed by atoms with Gasteiger partial charge in [-0.1, -0.05) is 42.8 Å². The molecule has 1 aromatic rings. The van der Waals surface area contributed by atoms with Crippen LogP contribution in [0.2, 0.25) is 0 Å². The summed E-state index contributed by atoms with van der Waals surface area (Å²) >= 11 is 0. The number of allylic oxidation sites excluding steroid dienone is 1. The number of esters is 1. The summed E-state index contributed by atoms with van der Waals surface area (Å²) < 4.78 is 5.59. The molecule has 0 aliphatic heterocycles. The molecule has 0 amide bonds. The summed E-state index contributed by atoms with van der Waals surface area (Å²) in [5.74, 6) is 0.262. The van der Waals surface area contributed by atoms with Gasteiger partial charge in [-0.05, 0) is 44.1 Å². The molecule has 2 atom stereocenters. The summed E-state index contributed by atoms with van der Waals surface area (Å²) in [6, 6.07) is 10.5. The maximum absolute atomic E-state index is 11.6. The third-order valence-electron chi connectivity index (χ3n) is 3.75. The molecule has 0 heterocycles. The lowest BCUT2D eigenvalue weighted by molar-refractivity contribution is -0.147. The molecule has 0 bridgehead atoms. The molecular weight excluding hydrogens is 236 g/mol. The average molecular weight is 258 g/mol. The van der Waals surface area contributed by atoms with Crippen LogP contribution in [0.5, 0.6) is 0 Å². The molecule has 1 aromatic carbocycles. The van der Waals surface area contributed by atoms with E-state index in [4.69, 9.17) is 4.74 Å². The number of hydrogen-bond acceptors (Lipinski definition) is 2. The fourth-order valence-electron chi connectivity index (χ4n) is 2.80. The first-order valence-corrected chi connectivity index (χ1v) is 7.17. The van der Waals surface area contributed by atoms with E-state index in [1.54, 1.807) is 6.08 Å². The van der Waals surface area contributed by atoms with Crippen LogP contribution in [0.3, 0.4) is 0 Å². The Morgan fingerprint density at radius 3 is 2.74 bits per heavy atom. The molecule has 0 N–H and O–H groups in total. The molecule has 19 heavy (non-hydrogen) atoms. The molecule has 1 fully saturated rings. The normalized spacial score (nSPS) is 23.4. The second-order valence-electron chi connectivity index (χ2n) is 5.21. The summed E-state index contributed by atoms with van der Waals surface area (Å²) in [7, 11) is 0. The van der Waals surface area contributed by atoms with E-state index in [9.17, 15) is 4.79 Å². The molecule has 2 nitrogen and oxygen atoms in total. The summed E-state index contributed by atoms with van der Waals surface area (Å²) in [6.45, 7) is 1.84. The van der Waals surface area contributed by atoms with Crippen LogP contribution in [0.1, 0.15) is 38.2 Å². The Kier molecular flexibility index (Phi) is 5.20. The minimum atomic E-state index is -0.201. The van der Waals surface area contributed by atoms with Crippen LogP contribution < -0.4 is 0 Å². The van der Waals surface area contributed by atoms with Gasteiger partial charge in [0.25, 0.3) is 0 Å². The van der Waals surface area contributed by atoms with Gasteiger partial charge in [-0.3, -0.25) is 0 Å². The van der Waals surface area contributed by atoms with Gasteiger partial charge in [-0.15, -0.1) is 0 Å². The third-order valence-corrected chi connectivity index (χ3v) is 3.75. The molecule has 1 aliphatic carbocycles. The largest absolute Gasteiger partial charge is 0.459 e. The molecular formula is C17H22O2. The van der Waals surface area contributed by atoms with Gasteiger partial charge in [0.15, 0.2) is 0 Å². The molecule has 1 saturated carbocycles. The lowest BCUT2D eigenvalue weighted by atomic mass is 9.82. The number of rotatable bonds is 4. The van der Waals surface area contributed by atoms with Gasteiger partial charge < -0.3 is 4.74 Å². The zero-order valence-electron chi connectivity index (χ0n) is 11.5. The molecule has 0 spiro atoms. The van der Waals surface area contributed by atoms with E-state index in [-0.39, 0.29) is 12.1 Å². The van der Waals surface area contributed by atoms with Crippen LogP contribution in [0.25, 0.3) is 0 Å². The predicted octanol–water partition coefficient (Wildman–Crippen LogP) is 3.91. The van der Waals surface area contributed by atoms with Crippen molar-refractivity contribution in [1.29, 1.82) is 0 Å². The smallest absolute Gasteiger partial charge is 0.330 e. The standard InChI is InChI=1S/C17H22O2/c1-2-8-17(18)19-16-12-7-6-11-15(16)13-14-9-4-3-5-10-14/h2-5,8-10,15-16H,6-7,11-13H2,1H3/b8-2+/t15-,16+/m1/s1. The summed E-state index contributed by atoms with van der Waals surface area (Å²) in [6.07, 6.45) is 8.90. The predicted molar refractivity (Wildman–Crippen MR) is 76.8 cm³/mol. The highest BCUT2D eigenvalue weighted by Gasteiger charge is 2.27. The topological polar surface area (TPSA) is 26.3 Å². The van der Waals surface area contributed by atoms with Gasteiger partial charge in [0.05, 0.1) is 0 Å². The zero-order valence-corrected chi connectivity index (χ0v) is 11.5. The van der Waals surface area contributed by atoms with Gasteiger partial charge in [-0.2, -0.15) is 0 Å². The Balaban J connectivity index is 1.97. The molecule has 102 valence electrons. The zero-order chi connectivity index (χ0) is 13.5. The molecule has 0 saturated heterocycles. The number of ether oxygens (including phenoxy) is 1. The van der Waals surface area contributed by atoms with Crippen molar-refractivity contribution in [3.63, 3.8) is 0 Å². The lowest BCUT2D eigenvalue weighted by Gasteiger charge is -2.31. The van der Waals surface area contributed by atoms with Crippen molar-refractivity contribution in [3.05, 3.63) is 48.0 Å². The Morgan fingerprint density at radius 1 is 1.26 bits per heavy atom. The molecule has 2 rings (SSSR count). The van der Waals surface area contributed by atoms with Crippen LogP contribution in [-0.2, 0) is 16.0 Å². The number of carbonyl (C=O) groups is 1. The van der Waals surface area contributed by atoms with Crippen molar-refractivity contribution < 1.29 is 9.53 Å². The van der Waals surface area contributed by atoms with Gasteiger partial charge in [-0.25, -0.2) is 4.79 Å². The minimum Gasteiger partial charge on any atom is -0.459 e. The van der Waals surface area contributed by atoms with Gasteiger partial charge in [0.2, 0.25) is 0 Å². The third kappa shape index (κ3) is 4.23. The highest BCUT2D eigenvalue weighted by atomic mass is 16.5. The molecule has 2 heteroatoms. The van der Waals surface area contributed by atoms with Crippen LogP contribution in [-0.4, -0.2) is 12.1 Å². The van der Waals surface area contributed by atoms with Crippen molar-refractivity contribution in [1.82, 2.24) is 0 Å². The first-order chi connectivity index (χ1) is 9.29. The molecule has 0 radical (unpaired) electrons. The maximum atomic E-state index is 11.6. The first-order valence-electron chi connectivity index (χ1n) is 7.17. The molecule has 0 unspecified atom stereocenters.